The number of carboxylic acids is 1. The second-order valence-electron chi connectivity index (χ2n) is 5.06. The molecule has 0 aliphatic heterocycles. The molecule has 0 atom stereocenters. The molecule has 2 aromatic rings. The molecule has 2 rings (SSSR count). The number of hydrogen-bond donors (Lipinski definition) is 2. The van der Waals surface area contributed by atoms with Gasteiger partial charge < -0.3 is 14.8 Å². The summed E-state index contributed by atoms with van der Waals surface area (Å²) in [5, 5.41) is 11.7. The minimum atomic E-state index is -1.03. The highest BCUT2D eigenvalue weighted by atomic mass is 16.4. The van der Waals surface area contributed by atoms with Gasteiger partial charge in [-0.15, -0.1) is 0 Å². The van der Waals surface area contributed by atoms with E-state index in [0.29, 0.717) is 17.9 Å². The Morgan fingerprint density at radius 3 is 2.50 bits per heavy atom. The summed E-state index contributed by atoms with van der Waals surface area (Å²) < 4.78 is 5.33. The predicted octanol–water partition coefficient (Wildman–Crippen LogP) is 2.71. The van der Waals surface area contributed by atoms with Crippen LogP contribution in [0.1, 0.15) is 39.9 Å². The molecule has 2 N–H and O–H groups in total. The number of furan rings is 1. The van der Waals surface area contributed by atoms with Gasteiger partial charge in [0, 0.05) is 0 Å². The van der Waals surface area contributed by atoms with Gasteiger partial charge in [0.05, 0.1) is 13.0 Å². The monoisotopic (exact) mass is 301 g/mol. The van der Waals surface area contributed by atoms with Crippen molar-refractivity contribution in [1.82, 2.24) is 5.32 Å². The lowest BCUT2D eigenvalue weighted by atomic mass is 10.0. The van der Waals surface area contributed by atoms with E-state index in [9.17, 15) is 9.59 Å². The number of aromatic carboxylic acids is 1. The Bertz CT molecular complexity index is 688. The van der Waals surface area contributed by atoms with Crippen LogP contribution in [-0.2, 0) is 24.2 Å². The topological polar surface area (TPSA) is 79.5 Å². The van der Waals surface area contributed by atoms with Gasteiger partial charge in [-0.05, 0) is 30.5 Å². The molecule has 5 heteroatoms. The molecule has 116 valence electrons. The summed E-state index contributed by atoms with van der Waals surface area (Å²) in [7, 11) is 0. The SMILES string of the molecule is CCc1ccccc1CC(=O)NCc1cc(C(=O)O)c(C)o1. The number of carbonyl (C=O) groups is 2. The minimum Gasteiger partial charge on any atom is -0.478 e. The first-order valence-electron chi connectivity index (χ1n) is 7.17. The van der Waals surface area contributed by atoms with Gasteiger partial charge in [0.15, 0.2) is 0 Å². The fourth-order valence-corrected chi connectivity index (χ4v) is 2.34. The highest BCUT2D eigenvalue weighted by molar-refractivity contribution is 5.88. The third-order valence-electron chi connectivity index (χ3n) is 3.51. The number of carbonyl (C=O) groups excluding carboxylic acids is 1. The van der Waals surface area contributed by atoms with Crippen molar-refractivity contribution in [2.75, 3.05) is 0 Å². The maximum atomic E-state index is 12.0. The van der Waals surface area contributed by atoms with Crippen molar-refractivity contribution in [2.24, 2.45) is 0 Å². The van der Waals surface area contributed by atoms with E-state index in [4.69, 9.17) is 9.52 Å². The Hall–Kier alpha value is -2.56. The molecular formula is C17H19NO4. The fraction of sp³-hybridized carbons (Fsp3) is 0.294. The van der Waals surface area contributed by atoms with Crippen molar-refractivity contribution in [1.29, 1.82) is 0 Å². The van der Waals surface area contributed by atoms with Crippen LogP contribution in [0.4, 0.5) is 0 Å². The van der Waals surface area contributed by atoms with Crippen LogP contribution >= 0.6 is 0 Å². The van der Waals surface area contributed by atoms with E-state index in [1.54, 1.807) is 6.92 Å². The van der Waals surface area contributed by atoms with Crippen molar-refractivity contribution in [2.45, 2.75) is 33.2 Å². The summed E-state index contributed by atoms with van der Waals surface area (Å²) in [5.41, 5.74) is 2.28. The molecule has 0 spiro atoms. The fourth-order valence-electron chi connectivity index (χ4n) is 2.34. The first-order valence-corrected chi connectivity index (χ1v) is 7.17. The van der Waals surface area contributed by atoms with Crippen LogP contribution in [0.15, 0.2) is 34.7 Å². The lowest BCUT2D eigenvalue weighted by molar-refractivity contribution is -0.120. The van der Waals surface area contributed by atoms with E-state index in [1.807, 2.05) is 24.3 Å². The number of benzene rings is 1. The maximum Gasteiger partial charge on any atom is 0.339 e. The van der Waals surface area contributed by atoms with E-state index in [1.165, 1.54) is 6.07 Å². The highest BCUT2D eigenvalue weighted by Crippen LogP contribution is 2.15. The van der Waals surface area contributed by atoms with Crippen molar-refractivity contribution in [3.05, 3.63) is 58.5 Å². The number of carboxylic acid groups (broad SMARTS) is 1. The molecule has 0 saturated carbocycles. The number of aryl methyl sites for hydroxylation is 2. The van der Waals surface area contributed by atoms with Gasteiger partial charge in [-0.2, -0.15) is 0 Å². The van der Waals surface area contributed by atoms with E-state index < -0.39 is 5.97 Å². The van der Waals surface area contributed by atoms with Crippen LogP contribution < -0.4 is 5.32 Å². The summed E-state index contributed by atoms with van der Waals surface area (Å²) >= 11 is 0. The first-order chi connectivity index (χ1) is 10.5. The molecule has 1 aromatic carbocycles. The van der Waals surface area contributed by atoms with Gasteiger partial charge in [0.25, 0.3) is 0 Å². The molecule has 0 fully saturated rings. The van der Waals surface area contributed by atoms with Crippen LogP contribution in [-0.4, -0.2) is 17.0 Å². The molecule has 0 unspecified atom stereocenters. The van der Waals surface area contributed by atoms with Gasteiger partial charge >= 0.3 is 5.97 Å². The molecule has 0 aliphatic rings. The van der Waals surface area contributed by atoms with Gasteiger partial charge in [0.2, 0.25) is 5.91 Å². The molecule has 0 bridgehead atoms. The van der Waals surface area contributed by atoms with E-state index >= 15 is 0 Å². The summed E-state index contributed by atoms with van der Waals surface area (Å²) in [6.07, 6.45) is 1.18. The van der Waals surface area contributed by atoms with Gasteiger partial charge in [-0.3, -0.25) is 4.79 Å². The zero-order valence-corrected chi connectivity index (χ0v) is 12.7. The first kappa shape index (κ1) is 15.8. The van der Waals surface area contributed by atoms with Crippen LogP contribution in [0.2, 0.25) is 0 Å². The Balaban J connectivity index is 1.95. The third kappa shape index (κ3) is 3.75. The lowest BCUT2D eigenvalue weighted by Gasteiger charge is -2.07. The summed E-state index contributed by atoms with van der Waals surface area (Å²) in [5.74, 6) is -0.373. The Kier molecular flexibility index (Phi) is 4.99. The molecule has 1 heterocycles. The zero-order chi connectivity index (χ0) is 16.1. The summed E-state index contributed by atoms with van der Waals surface area (Å²) in [6.45, 7) is 3.82. The molecular weight excluding hydrogens is 282 g/mol. The van der Waals surface area contributed by atoms with Gasteiger partial charge in [-0.25, -0.2) is 4.79 Å². The van der Waals surface area contributed by atoms with Crippen molar-refractivity contribution < 1.29 is 19.1 Å². The lowest BCUT2D eigenvalue weighted by Crippen LogP contribution is -2.24. The largest absolute Gasteiger partial charge is 0.478 e. The minimum absolute atomic E-state index is 0.119. The molecule has 22 heavy (non-hydrogen) atoms. The second kappa shape index (κ2) is 6.93. The maximum absolute atomic E-state index is 12.0. The van der Waals surface area contributed by atoms with Crippen molar-refractivity contribution >= 4 is 11.9 Å². The molecule has 0 aliphatic carbocycles. The molecule has 5 nitrogen and oxygen atoms in total. The van der Waals surface area contributed by atoms with E-state index in [0.717, 1.165) is 17.5 Å². The predicted molar refractivity (Wildman–Crippen MR) is 81.8 cm³/mol. The normalized spacial score (nSPS) is 10.5. The van der Waals surface area contributed by atoms with E-state index in [2.05, 4.69) is 12.2 Å². The van der Waals surface area contributed by atoms with Crippen LogP contribution in [0.3, 0.4) is 0 Å². The molecule has 0 saturated heterocycles. The van der Waals surface area contributed by atoms with Gasteiger partial charge in [-0.1, -0.05) is 31.2 Å². The third-order valence-corrected chi connectivity index (χ3v) is 3.51. The second-order valence-corrected chi connectivity index (χ2v) is 5.06. The summed E-state index contributed by atoms with van der Waals surface area (Å²) in [6, 6.07) is 9.27. The van der Waals surface area contributed by atoms with Gasteiger partial charge in [0.1, 0.15) is 17.1 Å². The van der Waals surface area contributed by atoms with Crippen LogP contribution in [0.25, 0.3) is 0 Å². The number of nitrogens with one attached hydrogen (secondary N) is 1. The van der Waals surface area contributed by atoms with Crippen molar-refractivity contribution in [3.63, 3.8) is 0 Å². The average Bonchev–Trinajstić information content (AvgIpc) is 2.87. The standard InChI is InChI=1S/C17H19NO4/c1-3-12-6-4-5-7-13(12)8-16(19)18-10-14-9-15(17(20)21)11(2)22-14/h4-7,9H,3,8,10H2,1-2H3,(H,18,19)(H,20,21). The molecule has 0 radical (unpaired) electrons. The molecule has 1 aromatic heterocycles. The van der Waals surface area contributed by atoms with Crippen molar-refractivity contribution in [3.8, 4) is 0 Å². The van der Waals surface area contributed by atoms with Crippen LogP contribution in [0, 0.1) is 6.92 Å². The zero-order valence-electron chi connectivity index (χ0n) is 12.7. The van der Waals surface area contributed by atoms with E-state index in [-0.39, 0.29) is 18.0 Å². The number of rotatable bonds is 6. The number of hydrogen-bond acceptors (Lipinski definition) is 3. The smallest absolute Gasteiger partial charge is 0.339 e. The average molecular weight is 301 g/mol. The summed E-state index contributed by atoms with van der Waals surface area (Å²) in [4.78, 5) is 22.9. The Morgan fingerprint density at radius 2 is 1.91 bits per heavy atom. The van der Waals surface area contributed by atoms with Crippen LogP contribution in [0.5, 0.6) is 0 Å². The highest BCUT2D eigenvalue weighted by Gasteiger charge is 2.14. The Morgan fingerprint density at radius 1 is 1.23 bits per heavy atom. The number of amides is 1. The molecule has 1 amide bonds. The quantitative estimate of drug-likeness (QED) is 0.859. The Labute approximate surface area is 129 Å².